The second-order valence-electron chi connectivity index (χ2n) is 16.1. The van der Waals surface area contributed by atoms with Crippen LogP contribution in [0, 0.1) is 60.7 Å². The molecule has 0 heterocycles. The van der Waals surface area contributed by atoms with Crippen molar-refractivity contribution >= 4 is 25.7 Å². The summed E-state index contributed by atoms with van der Waals surface area (Å²) < 4.78 is 0. The average molecular weight is 584 g/mol. The molecule has 12 bridgehead atoms. The fourth-order valence-electron chi connectivity index (χ4n) is 14.9. The van der Waals surface area contributed by atoms with Crippen LogP contribution < -0.4 is 0 Å². The number of rotatable bonds is 3. The first-order chi connectivity index (χ1) is 16.9. The zero-order valence-corrected chi connectivity index (χ0v) is 26.5. The van der Waals surface area contributed by atoms with Gasteiger partial charge in [0.25, 0.3) is 0 Å². The smallest absolute Gasteiger partial charge is 0.0271 e. The SMILES string of the molecule is [CH3-].[Cl][Ti][Cl].[N-]=P(C12CC3CC(CC(C3)C1)C2)(C12CC3CC(CC(C3)C1)C2)C12CC3CC(CC(C3)C1)C2. The molecule has 5 heteroatoms. The van der Waals surface area contributed by atoms with Crippen molar-refractivity contribution in [2.75, 3.05) is 0 Å². The van der Waals surface area contributed by atoms with E-state index < -0.39 is 24.1 Å². The first-order valence-electron chi connectivity index (χ1n) is 15.5. The van der Waals surface area contributed by atoms with E-state index in [0.717, 1.165) is 53.3 Å². The Balaban J connectivity index is 0.000000528. The van der Waals surface area contributed by atoms with Crippen LogP contribution in [0.5, 0.6) is 0 Å². The zero-order chi connectivity index (χ0) is 23.6. The fourth-order valence-corrected chi connectivity index (χ4v) is 22.6. The quantitative estimate of drug-likeness (QED) is 0.179. The molecule has 0 aromatic heterocycles. The van der Waals surface area contributed by atoms with Gasteiger partial charge < -0.3 is 12.6 Å². The normalized spacial score (nSPS) is 58.1. The van der Waals surface area contributed by atoms with Gasteiger partial charge in [-0.1, -0.05) is 0 Å². The van der Waals surface area contributed by atoms with Gasteiger partial charge in [-0.15, -0.1) is 0 Å². The summed E-state index contributed by atoms with van der Waals surface area (Å²) >= 11 is -0.556. The van der Waals surface area contributed by atoms with Crippen LogP contribution in [0.2, 0.25) is 0 Å². The molecule has 12 aliphatic rings. The Bertz CT molecular complexity index is 712. The first kappa shape index (κ1) is 26.4. The van der Waals surface area contributed by atoms with E-state index in [4.69, 9.17) is 18.6 Å². The number of hydrogen-bond acceptors (Lipinski definition) is 0. The van der Waals surface area contributed by atoms with Crippen molar-refractivity contribution in [2.45, 2.75) is 131 Å². The molecular weight excluding hydrogens is 536 g/mol. The van der Waals surface area contributed by atoms with Gasteiger partial charge in [0.15, 0.2) is 0 Å². The Labute approximate surface area is 238 Å². The number of hydrogen-bond donors (Lipinski definition) is 0. The van der Waals surface area contributed by atoms with Crippen LogP contribution in [-0.2, 0) is 17.0 Å². The maximum Gasteiger partial charge on any atom is -0.0271 e. The summed E-state index contributed by atoms with van der Waals surface area (Å²) in [5.41, 5.74) is 0. The van der Waals surface area contributed by atoms with Crippen molar-refractivity contribution in [2.24, 2.45) is 53.3 Å². The molecule has 0 aliphatic heterocycles. The Morgan fingerprint density at radius 1 is 0.444 bits per heavy atom. The molecule has 12 fully saturated rings. The van der Waals surface area contributed by atoms with E-state index in [1.165, 1.54) is 57.8 Å². The number of nitrogens with zero attached hydrogens (tertiary/aromatic N) is 1. The van der Waals surface area contributed by atoms with Crippen LogP contribution >= 0.6 is 25.7 Å². The molecule has 36 heavy (non-hydrogen) atoms. The molecule has 12 aliphatic carbocycles. The van der Waals surface area contributed by atoms with Crippen molar-refractivity contribution in [1.82, 2.24) is 0 Å². The standard InChI is InChI=1S/C30H45NP.CH3.2ClH.Ti/c31-32(28-10-19-1-20(11-28)3-21(2-19)12-28,29-13-22-4-23(14-29)6-24(5-22)15-29)30-16-25-7-26(17-30)9-27(8-25)18-30;;;;/h19-27H,1-18H2;1H3;2*1H;/q2*-1;;;+2/p-2. The molecule has 0 N–H and O–H groups in total. The van der Waals surface area contributed by atoms with E-state index in [2.05, 4.69) is 0 Å². The number of halogens is 2. The zero-order valence-electron chi connectivity index (χ0n) is 22.6. The first-order valence-corrected chi connectivity index (χ1v) is 21.5. The van der Waals surface area contributed by atoms with Crippen LogP contribution in [0.3, 0.4) is 0 Å². The van der Waals surface area contributed by atoms with Crippen molar-refractivity contribution in [1.29, 1.82) is 0 Å². The maximum absolute atomic E-state index is 14.2. The van der Waals surface area contributed by atoms with Gasteiger partial charge in [-0.3, -0.25) is 0 Å². The van der Waals surface area contributed by atoms with Crippen molar-refractivity contribution < 1.29 is 17.0 Å². The summed E-state index contributed by atoms with van der Waals surface area (Å²) in [4.78, 5) is 0. The van der Waals surface area contributed by atoms with E-state index in [1.54, 1.807) is 57.8 Å². The van der Waals surface area contributed by atoms with Gasteiger partial charge in [0.2, 0.25) is 0 Å². The molecule has 0 atom stereocenters. The molecule has 1 nitrogen and oxygen atoms in total. The van der Waals surface area contributed by atoms with Gasteiger partial charge in [-0.05, 0) is 184 Å². The van der Waals surface area contributed by atoms with Crippen molar-refractivity contribution in [3.05, 3.63) is 12.6 Å². The Morgan fingerprint density at radius 2 is 0.583 bits per heavy atom. The van der Waals surface area contributed by atoms with Gasteiger partial charge in [-0.2, -0.15) is 0 Å². The molecule has 0 saturated heterocycles. The van der Waals surface area contributed by atoms with Gasteiger partial charge >= 0.3 is 35.6 Å². The van der Waals surface area contributed by atoms with Crippen LogP contribution in [0.4, 0.5) is 0 Å². The summed E-state index contributed by atoms with van der Waals surface area (Å²) in [6.45, 7) is 0. The summed E-state index contributed by atoms with van der Waals surface area (Å²) in [5.74, 6) is 8.96. The minimum atomic E-state index is -2.07. The van der Waals surface area contributed by atoms with Gasteiger partial charge in [0.05, 0.1) is 0 Å². The molecule has 0 spiro atoms. The largest absolute Gasteiger partial charge is 0.807 e. The summed E-state index contributed by atoms with van der Waals surface area (Å²) in [6, 6.07) is 0. The molecule has 0 amide bonds. The van der Waals surface area contributed by atoms with Gasteiger partial charge in [0.1, 0.15) is 0 Å². The van der Waals surface area contributed by atoms with Crippen LogP contribution in [-0.4, -0.2) is 15.5 Å². The molecule has 0 unspecified atom stereocenters. The van der Waals surface area contributed by atoms with Gasteiger partial charge in [-0.25, -0.2) is 7.05 Å². The van der Waals surface area contributed by atoms with E-state index in [9.17, 15) is 5.16 Å². The molecule has 0 radical (unpaired) electrons. The summed E-state index contributed by atoms with van der Waals surface area (Å²) in [6.07, 6.45) is 27.2. The molecule has 202 valence electrons. The van der Waals surface area contributed by atoms with E-state index >= 15 is 0 Å². The Morgan fingerprint density at radius 3 is 0.722 bits per heavy atom. The van der Waals surface area contributed by atoms with Crippen molar-refractivity contribution in [3.8, 4) is 0 Å². The predicted molar refractivity (Wildman–Crippen MR) is 151 cm³/mol. The maximum atomic E-state index is 14.2. The van der Waals surface area contributed by atoms with Crippen LogP contribution in [0.25, 0.3) is 5.16 Å². The third-order valence-electron chi connectivity index (χ3n) is 14.1. The monoisotopic (exact) mass is 583 g/mol. The predicted octanol–water partition coefficient (Wildman–Crippen LogP) is 10.5. The Hall–Kier alpha value is 1.52. The average Bonchev–Trinajstić information content (AvgIpc) is 2.76. The van der Waals surface area contributed by atoms with Crippen LogP contribution in [0.15, 0.2) is 0 Å². The van der Waals surface area contributed by atoms with Crippen molar-refractivity contribution in [3.63, 3.8) is 0 Å². The van der Waals surface area contributed by atoms with Gasteiger partial charge in [0, 0.05) is 0 Å². The minimum absolute atomic E-state index is 0. The molecule has 12 saturated carbocycles. The van der Waals surface area contributed by atoms with E-state index in [0.29, 0.717) is 15.5 Å². The van der Waals surface area contributed by atoms with Crippen LogP contribution in [0.1, 0.15) is 116 Å². The minimum Gasteiger partial charge on any atom is -0.807 e. The third kappa shape index (κ3) is 3.53. The molecule has 0 aromatic carbocycles. The van der Waals surface area contributed by atoms with E-state index in [-0.39, 0.29) is 7.43 Å². The topological polar surface area (TPSA) is 22.3 Å². The molecular formula is C31H48Cl2NPTi-2. The molecule has 0 aromatic rings. The Kier molecular flexibility index (Phi) is 6.61. The second-order valence-corrected chi connectivity index (χ2v) is 22.8. The summed E-state index contributed by atoms with van der Waals surface area (Å²) in [5, 5.41) is 15.5. The molecule has 12 rings (SSSR count). The fraction of sp³-hybridized carbons (Fsp3) is 0.968. The summed E-state index contributed by atoms with van der Waals surface area (Å²) in [7, 11) is 7.71. The second kappa shape index (κ2) is 9.01. The third-order valence-corrected chi connectivity index (χ3v) is 19.8. The van der Waals surface area contributed by atoms with E-state index in [1.807, 2.05) is 0 Å².